The molecule has 8 heteroatoms. The van der Waals surface area contributed by atoms with Crippen LogP contribution in [0.3, 0.4) is 0 Å². The Balaban J connectivity index is 1.50. The van der Waals surface area contributed by atoms with E-state index in [1.807, 2.05) is 31.2 Å². The number of carbonyl (C=O) groups excluding carboxylic acids is 2. The van der Waals surface area contributed by atoms with Crippen LogP contribution in [0.15, 0.2) is 41.2 Å². The van der Waals surface area contributed by atoms with Crippen molar-refractivity contribution in [2.45, 2.75) is 25.8 Å². The molecule has 1 aliphatic rings. The first-order chi connectivity index (χ1) is 13.1. The van der Waals surface area contributed by atoms with E-state index in [9.17, 15) is 9.59 Å². The number of benzene rings is 1. The molecule has 138 valence electrons. The second-order valence-electron chi connectivity index (χ2n) is 6.39. The molecule has 4 rings (SSSR count). The number of nitrogens with one attached hydrogen (secondary N) is 1. The number of nitrogens with zero attached hydrogens (tertiary/aromatic N) is 3. The number of amides is 2. The molecule has 2 amide bonds. The fourth-order valence-corrected chi connectivity index (χ4v) is 4.44. The van der Waals surface area contributed by atoms with Gasteiger partial charge in [-0.1, -0.05) is 29.8 Å². The summed E-state index contributed by atoms with van der Waals surface area (Å²) in [5.74, 6) is -0.383. The van der Waals surface area contributed by atoms with E-state index in [4.69, 9.17) is 0 Å². The molecule has 1 atom stereocenters. The fourth-order valence-electron chi connectivity index (χ4n) is 3.10. The molecule has 1 saturated heterocycles. The molecule has 0 aliphatic carbocycles. The van der Waals surface area contributed by atoms with Crippen LogP contribution in [0.5, 0.6) is 0 Å². The predicted molar refractivity (Wildman–Crippen MR) is 107 cm³/mol. The number of hydrogen-bond donors (Lipinski definition) is 1. The number of aryl methyl sites for hydroxylation is 1. The highest BCUT2D eigenvalue weighted by molar-refractivity contribution is 7.13. The summed E-state index contributed by atoms with van der Waals surface area (Å²) >= 11 is 2.80. The molecule has 6 nitrogen and oxygen atoms in total. The Morgan fingerprint density at radius 1 is 1.22 bits per heavy atom. The van der Waals surface area contributed by atoms with Gasteiger partial charge in [0.1, 0.15) is 16.7 Å². The third kappa shape index (κ3) is 3.77. The van der Waals surface area contributed by atoms with Gasteiger partial charge in [-0.15, -0.1) is 22.7 Å². The van der Waals surface area contributed by atoms with Crippen LogP contribution in [-0.2, 0) is 4.79 Å². The Kier molecular flexibility index (Phi) is 5.00. The Bertz CT molecular complexity index is 951. The molecule has 1 unspecified atom stereocenters. The van der Waals surface area contributed by atoms with E-state index in [0.717, 1.165) is 17.0 Å². The van der Waals surface area contributed by atoms with E-state index < -0.39 is 6.04 Å². The standard InChI is InChI=1S/C19H18N4O2S2/c1-12-4-6-13(7-5-12)17-21-14(11-27-17)18(25)23-9-2-3-15(23)16(24)22-19-20-8-10-26-19/h4-8,10-11,15H,2-3,9H2,1H3,(H,20,22,24). The topological polar surface area (TPSA) is 75.2 Å². The first-order valence-electron chi connectivity index (χ1n) is 8.66. The summed E-state index contributed by atoms with van der Waals surface area (Å²) < 4.78 is 0. The number of carbonyl (C=O) groups is 2. The second-order valence-corrected chi connectivity index (χ2v) is 8.14. The zero-order valence-corrected chi connectivity index (χ0v) is 16.3. The number of anilines is 1. The maximum atomic E-state index is 12.9. The molecule has 1 N–H and O–H groups in total. The summed E-state index contributed by atoms with van der Waals surface area (Å²) in [4.78, 5) is 35.7. The van der Waals surface area contributed by atoms with Crippen molar-refractivity contribution >= 4 is 39.6 Å². The average molecular weight is 399 g/mol. The van der Waals surface area contributed by atoms with Gasteiger partial charge < -0.3 is 10.2 Å². The maximum absolute atomic E-state index is 12.9. The van der Waals surface area contributed by atoms with Gasteiger partial charge in [-0.2, -0.15) is 0 Å². The van der Waals surface area contributed by atoms with Gasteiger partial charge in [0.05, 0.1) is 0 Å². The minimum atomic E-state index is -0.481. The molecule has 1 fully saturated rings. The van der Waals surface area contributed by atoms with Crippen LogP contribution < -0.4 is 5.32 Å². The van der Waals surface area contributed by atoms with Gasteiger partial charge >= 0.3 is 0 Å². The lowest BCUT2D eigenvalue weighted by molar-refractivity contribution is -0.119. The molecule has 1 aromatic carbocycles. The lowest BCUT2D eigenvalue weighted by Crippen LogP contribution is -2.43. The molecule has 3 aromatic rings. The van der Waals surface area contributed by atoms with Crippen LogP contribution in [0.1, 0.15) is 28.9 Å². The smallest absolute Gasteiger partial charge is 0.274 e. The summed E-state index contributed by atoms with van der Waals surface area (Å²) in [7, 11) is 0. The SMILES string of the molecule is Cc1ccc(-c2nc(C(=O)N3CCCC3C(=O)Nc3nccs3)cs2)cc1. The number of thiazole rings is 2. The molecule has 0 bridgehead atoms. The van der Waals surface area contributed by atoms with Crippen molar-refractivity contribution in [1.29, 1.82) is 0 Å². The number of likely N-dealkylation sites (tertiary alicyclic amines) is 1. The van der Waals surface area contributed by atoms with Gasteiger partial charge in [-0.05, 0) is 19.8 Å². The quantitative estimate of drug-likeness (QED) is 0.725. The van der Waals surface area contributed by atoms with E-state index in [1.54, 1.807) is 21.9 Å². The summed E-state index contributed by atoms with van der Waals surface area (Å²) in [6.45, 7) is 2.59. The second kappa shape index (κ2) is 7.58. The van der Waals surface area contributed by atoms with Crippen molar-refractivity contribution in [2.75, 3.05) is 11.9 Å². The Hall–Kier alpha value is -2.58. The lowest BCUT2D eigenvalue weighted by Gasteiger charge is -2.22. The number of aromatic nitrogens is 2. The molecule has 3 heterocycles. The van der Waals surface area contributed by atoms with Gasteiger partial charge in [0.15, 0.2) is 5.13 Å². The lowest BCUT2D eigenvalue weighted by atomic mass is 10.2. The predicted octanol–water partition coefficient (Wildman–Crippen LogP) is 3.82. The van der Waals surface area contributed by atoms with Gasteiger partial charge in [0.25, 0.3) is 5.91 Å². The molecule has 0 saturated carbocycles. The first kappa shape index (κ1) is 17.8. The largest absolute Gasteiger partial charge is 0.325 e. The molecular weight excluding hydrogens is 380 g/mol. The van der Waals surface area contributed by atoms with Crippen LogP contribution in [0.25, 0.3) is 10.6 Å². The van der Waals surface area contributed by atoms with E-state index in [-0.39, 0.29) is 11.8 Å². The van der Waals surface area contributed by atoms with Crippen molar-refractivity contribution in [3.05, 3.63) is 52.5 Å². The average Bonchev–Trinajstić information content (AvgIpc) is 3.42. The number of rotatable bonds is 4. The molecule has 0 spiro atoms. The van der Waals surface area contributed by atoms with Crippen LogP contribution in [0.2, 0.25) is 0 Å². The van der Waals surface area contributed by atoms with Gasteiger partial charge in [-0.25, -0.2) is 9.97 Å². The highest BCUT2D eigenvalue weighted by atomic mass is 32.1. The van der Waals surface area contributed by atoms with Gasteiger partial charge in [0, 0.05) is 29.1 Å². The van der Waals surface area contributed by atoms with Gasteiger partial charge in [-0.3, -0.25) is 9.59 Å². The van der Waals surface area contributed by atoms with Gasteiger partial charge in [0.2, 0.25) is 5.91 Å². The summed E-state index contributed by atoms with van der Waals surface area (Å²) in [5, 5.41) is 7.72. The van der Waals surface area contributed by atoms with E-state index >= 15 is 0 Å². The molecule has 0 radical (unpaired) electrons. The van der Waals surface area contributed by atoms with Crippen molar-refractivity contribution < 1.29 is 9.59 Å². The zero-order valence-electron chi connectivity index (χ0n) is 14.7. The highest BCUT2D eigenvalue weighted by Gasteiger charge is 2.35. The van der Waals surface area contributed by atoms with Crippen molar-refractivity contribution in [2.24, 2.45) is 0 Å². The third-order valence-corrected chi connectivity index (χ3v) is 6.08. The molecular formula is C19H18N4O2S2. The first-order valence-corrected chi connectivity index (χ1v) is 10.4. The summed E-state index contributed by atoms with van der Waals surface area (Å²) in [6.07, 6.45) is 3.09. The van der Waals surface area contributed by atoms with Crippen LogP contribution in [-0.4, -0.2) is 39.3 Å². The summed E-state index contributed by atoms with van der Waals surface area (Å²) in [5.41, 5.74) is 2.56. The fraction of sp³-hybridized carbons (Fsp3) is 0.263. The Morgan fingerprint density at radius 3 is 2.78 bits per heavy atom. The van der Waals surface area contributed by atoms with Crippen LogP contribution >= 0.6 is 22.7 Å². The van der Waals surface area contributed by atoms with Crippen LogP contribution in [0, 0.1) is 6.92 Å². The monoisotopic (exact) mass is 398 g/mol. The van der Waals surface area contributed by atoms with E-state index in [1.165, 1.54) is 28.2 Å². The molecule has 2 aromatic heterocycles. The molecule has 27 heavy (non-hydrogen) atoms. The summed E-state index contributed by atoms with van der Waals surface area (Å²) in [6, 6.07) is 7.58. The van der Waals surface area contributed by atoms with E-state index in [0.29, 0.717) is 23.8 Å². The molecule has 1 aliphatic heterocycles. The van der Waals surface area contributed by atoms with Crippen molar-refractivity contribution in [3.8, 4) is 10.6 Å². The minimum absolute atomic E-state index is 0.190. The normalized spacial score (nSPS) is 16.5. The zero-order chi connectivity index (χ0) is 18.8. The minimum Gasteiger partial charge on any atom is -0.325 e. The third-order valence-electron chi connectivity index (χ3n) is 4.50. The Morgan fingerprint density at radius 2 is 2.04 bits per heavy atom. The Labute approximate surface area is 164 Å². The van der Waals surface area contributed by atoms with Crippen molar-refractivity contribution in [3.63, 3.8) is 0 Å². The van der Waals surface area contributed by atoms with E-state index in [2.05, 4.69) is 15.3 Å². The maximum Gasteiger partial charge on any atom is 0.274 e. The van der Waals surface area contributed by atoms with Crippen molar-refractivity contribution in [1.82, 2.24) is 14.9 Å². The number of hydrogen-bond acceptors (Lipinski definition) is 6. The van der Waals surface area contributed by atoms with Crippen LogP contribution in [0.4, 0.5) is 5.13 Å². The highest BCUT2D eigenvalue weighted by Crippen LogP contribution is 2.27.